The molecule has 0 fully saturated rings. The number of aliphatic hydroxyl groups is 1. The number of aryl methyl sites for hydroxylation is 1. The molecule has 0 bridgehead atoms. The Kier molecular flexibility index (Phi) is 5.17. The van der Waals surface area contributed by atoms with Crippen LogP contribution in [0.5, 0.6) is 0 Å². The topological polar surface area (TPSA) is 23.5 Å². The van der Waals surface area contributed by atoms with Gasteiger partial charge in [-0.15, -0.1) is 11.3 Å². The van der Waals surface area contributed by atoms with Crippen molar-refractivity contribution in [1.82, 2.24) is 4.90 Å². The van der Waals surface area contributed by atoms with E-state index >= 15 is 0 Å². The van der Waals surface area contributed by atoms with Gasteiger partial charge in [0.1, 0.15) is 6.10 Å². The van der Waals surface area contributed by atoms with Crippen LogP contribution in [0.2, 0.25) is 0 Å². The van der Waals surface area contributed by atoms with Crippen LogP contribution in [0.1, 0.15) is 50.0 Å². The Morgan fingerprint density at radius 1 is 1.29 bits per heavy atom. The third kappa shape index (κ3) is 2.90. The number of likely N-dealkylation sites (N-methyl/N-ethyl adjacent to an activating group) is 1. The second-order valence-electron chi connectivity index (χ2n) is 4.73. The zero-order chi connectivity index (χ0) is 13.1. The van der Waals surface area contributed by atoms with Gasteiger partial charge in [0.25, 0.3) is 0 Å². The van der Waals surface area contributed by atoms with E-state index in [0.29, 0.717) is 0 Å². The SMILES string of the molecule is CCN(CC)C(C)(CC)C(O)c1ccc(C)s1. The first-order valence-electron chi connectivity index (χ1n) is 6.49. The molecule has 98 valence electrons. The fraction of sp³-hybridized carbons (Fsp3) is 0.714. The summed E-state index contributed by atoms with van der Waals surface area (Å²) in [4.78, 5) is 4.70. The molecule has 3 heteroatoms. The van der Waals surface area contributed by atoms with Gasteiger partial charge >= 0.3 is 0 Å². The van der Waals surface area contributed by atoms with Crippen molar-refractivity contribution in [3.05, 3.63) is 21.9 Å². The smallest absolute Gasteiger partial charge is 0.106 e. The van der Waals surface area contributed by atoms with Crippen molar-refractivity contribution in [3.63, 3.8) is 0 Å². The number of rotatable bonds is 6. The van der Waals surface area contributed by atoms with Gasteiger partial charge in [-0.3, -0.25) is 4.90 Å². The molecule has 0 spiro atoms. The van der Waals surface area contributed by atoms with Crippen LogP contribution in [-0.2, 0) is 0 Å². The van der Waals surface area contributed by atoms with Gasteiger partial charge in [-0.2, -0.15) is 0 Å². The molecule has 0 aromatic carbocycles. The molecule has 2 nitrogen and oxygen atoms in total. The molecule has 0 aliphatic carbocycles. The van der Waals surface area contributed by atoms with Crippen molar-refractivity contribution in [3.8, 4) is 0 Å². The van der Waals surface area contributed by atoms with Crippen molar-refractivity contribution in [1.29, 1.82) is 0 Å². The number of hydrogen-bond donors (Lipinski definition) is 1. The van der Waals surface area contributed by atoms with E-state index in [1.165, 1.54) is 4.88 Å². The van der Waals surface area contributed by atoms with Crippen LogP contribution in [0.15, 0.2) is 12.1 Å². The predicted molar refractivity (Wildman–Crippen MR) is 75.6 cm³/mol. The average Bonchev–Trinajstić information content (AvgIpc) is 2.76. The Morgan fingerprint density at radius 2 is 1.88 bits per heavy atom. The molecule has 0 amide bonds. The highest BCUT2D eigenvalue weighted by molar-refractivity contribution is 7.12. The number of hydrogen-bond acceptors (Lipinski definition) is 3. The highest BCUT2D eigenvalue weighted by Gasteiger charge is 2.37. The molecule has 0 radical (unpaired) electrons. The zero-order valence-electron chi connectivity index (χ0n) is 11.7. The molecule has 1 N–H and O–H groups in total. The van der Waals surface area contributed by atoms with Crippen LogP contribution in [0.3, 0.4) is 0 Å². The fourth-order valence-electron chi connectivity index (χ4n) is 2.44. The summed E-state index contributed by atoms with van der Waals surface area (Å²) in [6.07, 6.45) is 0.554. The third-order valence-electron chi connectivity index (χ3n) is 3.82. The minimum atomic E-state index is -0.397. The summed E-state index contributed by atoms with van der Waals surface area (Å²) in [6, 6.07) is 4.14. The van der Waals surface area contributed by atoms with Crippen LogP contribution in [0, 0.1) is 6.92 Å². The summed E-state index contributed by atoms with van der Waals surface area (Å²) in [5.74, 6) is 0. The molecule has 0 aliphatic rings. The predicted octanol–water partition coefficient (Wildman–Crippen LogP) is 3.60. The largest absolute Gasteiger partial charge is 0.386 e. The summed E-state index contributed by atoms with van der Waals surface area (Å²) in [5.41, 5.74) is -0.166. The summed E-state index contributed by atoms with van der Waals surface area (Å²) >= 11 is 1.70. The Bertz CT molecular complexity index is 346. The third-order valence-corrected chi connectivity index (χ3v) is 4.87. The van der Waals surface area contributed by atoms with E-state index in [1.807, 2.05) is 0 Å². The maximum atomic E-state index is 10.7. The van der Waals surface area contributed by atoms with Gasteiger partial charge in [-0.05, 0) is 45.5 Å². The maximum absolute atomic E-state index is 10.7. The van der Waals surface area contributed by atoms with Gasteiger partial charge in [-0.25, -0.2) is 0 Å². The second kappa shape index (κ2) is 5.98. The lowest BCUT2D eigenvalue weighted by Gasteiger charge is -2.43. The molecule has 0 aliphatic heterocycles. The van der Waals surface area contributed by atoms with E-state index in [-0.39, 0.29) is 5.54 Å². The molecule has 1 aromatic rings. The van der Waals surface area contributed by atoms with Gasteiger partial charge in [-0.1, -0.05) is 20.8 Å². The lowest BCUT2D eigenvalue weighted by atomic mass is 9.88. The van der Waals surface area contributed by atoms with Gasteiger partial charge < -0.3 is 5.11 Å². The maximum Gasteiger partial charge on any atom is 0.106 e. The first-order chi connectivity index (χ1) is 7.99. The van der Waals surface area contributed by atoms with Crippen molar-refractivity contribution in [2.24, 2.45) is 0 Å². The molecule has 1 aromatic heterocycles. The number of nitrogens with zero attached hydrogens (tertiary/aromatic N) is 1. The zero-order valence-corrected chi connectivity index (χ0v) is 12.5. The van der Waals surface area contributed by atoms with E-state index < -0.39 is 6.10 Å². The Morgan fingerprint density at radius 3 is 2.24 bits per heavy atom. The van der Waals surface area contributed by atoms with Crippen molar-refractivity contribution in [2.45, 2.75) is 52.7 Å². The molecule has 2 atom stereocenters. The van der Waals surface area contributed by atoms with E-state index in [1.54, 1.807) is 11.3 Å². The summed E-state index contributed by atoms with van der Waals surface area (Å²) in [6.45, 7) is 12.7. The summed E-state index contributed by atoms with van der Waals surface area (Å²) in [7, 11) is 0. The lowest BCUT2D eigenvalue weighted by Crippen LogP contribution is -2.50. The molecule has 17 heavy (non-hydrogen) atoms. The monoisotopic (exact) mass is 255 g/mol. The highest BCUT2D eigenvalue weighted by Crippen LogP contribution is 2.36. The van der Waals surface area contributed by atoms with Crippen LogP contribution in [0.25, 0.3) is 0 Å². The molecule has 0 saturated heterocycles. The quantitative estimate of drug-likeness (QED) is 0.839. The molecule has 0 saturated carbocycles. The standard InChI is InChI=1S/C14H25NOS/c1-6-14(5,15(7-2)8-3)13(16)12-10-9-11(4)17-12/h9-10,13,16H,6-8H2,1-5H3. The number of thiophene rings is 1. The Labute approximate surface area is 109 Å². The van der Waals surface area contributed by atoms with Crippen LogP contribution >= 0.6 is 11.3 Å². The van der Waals surface area contributed by atoms with Gasteiger partial charge in [0.05, 0.1) is 0 Å². The first-order valence-corrected chi connectivity index (χ1v) is 7.30. The molecule has 1 rings (SSSR count). The Hall–Kier alpha value is -0.380. The van der Waals surface area contributed by atoms with Gasteiger partial charge in [0.2, 0.25) is 0 Å². The molecule has 1 heterocycles. The lowest BCUT2D eigenvalue weighted by molar-refractivity contribution is -0.0194. The van der Waals surface area contributed by atoms with E-state index in [2.05, 4.69) is 51.7 Å². The second-order valence-corrected chi connectivity index (χ2v) is 6.05. The highest BCUT2D eigenvalue weighted by atomic mass is 32.1. The van der Waals surface area contributed by atoms with Crippen LogP contribution in [-0.4, -0.2) is 28.6 Å². The fourth-order valence-corrected chi connectivity index (χ4v) is 3.45. The van der Waals surface area contributed by atoms with Crippen molar-refractivity contribution in [2.75, 3.05) is 13.1 Å². The van der Waals surface area contributed by atoms with Crippen LogP contribution in [0.4, 0.5) is 0 Å². The average molecular weight is 255 g/mol. The first kappa shape index (κ1) is 14.7. The molecular formula is C14H25NOS. The Balaban J connectivity index is 2.99. The number of aliphatic hydroxyl groups excluding tert-OH is 1. The van der Waals surface area contributed by atoms with Gasteiger partial charge in [0, 0.05) is 15.3 Å². The molecule has 2 unspecified atom stereocenters. The molecular weight excluding hydrogens is 230 g/mol. The summed E-state index contributed by atoms with van der Waals surface area (Å²) in [5, 5.41) is 10.7. The van der Waals surface area contributed by atoms with Crippen LogP contribution < -0.4 is 0 Å². The minimum absolute atomic E-state index is 0.166. The van der Waals surface area contributed by atoms with Crippen molar-refractivity contribution < 1.29 is 5.11 Å². The normalized spacial score (nSPS) is 17.1. The minimum Gasteiger partial charge on any atom is -0.386 e. The van der Waals surface area contributed by atoms with Crippen molar-refractivity contribution >= 4 is 11.3 Å². The van der Waals surface area contributed by atoms with E-state index in [9.17, 15) is 5.11 Å². The van der Waals surface area contributed by atoms with Gasteiger partial charge in [0.15, 0.2) is 0 Å². The van der Waals surface area contributed by atoms with E-state index in [4.69, 9.17) is 0 Å². The van der Waals surface area contributed by atoms with E-state index in [0.717, 1.165) is 24.4 Å². The summed E-state index contributed by atoms with van der Waals surface area (Å²) < 4.78 is 0.